The summed E-state index contributed by atoms with van der Waals surface area (Å²) < 4.78 is 6.00. The average molecular weight is 307 g/mol. The Morgan fingerprint density at radius 2 is 2.10 bits per heavy atom. The second-order valence-corrected chi connectivity index (χ2v) is 6.44. The van der Waals surface area contributed by atoms with E-state index in [2.05, 4.69) is 29.9 Å². The van der Waals surface area contributed by atoms with Gasteiger partial charge in [-0.25, -0.2) is 9.97 Å². The van der Waals surface area contributed by atoms with Crippen LogP contribution < -0.4 is 4.74 Å². The van der Waals surface area contributed by atoms with Gasteiger partial charge in [-0.1, -0.05) is 37.6 Å². The monoisotopic (exact) mass is 306 g/mol. The molecule has 1 unspecified atom stereocenters. The van der Waals surface area contributed by atoms with Crippen molar-refractivity contribution in [2.45, 2.75) is 30.8 Å². The maximum absolute atomic E-state index is 6.10. The van der Waals surface area contributed by atoms with E-state index < -0.39 is 0 Å². The number of aromatic nitrogens is 2. The Morgan fingerprint density at radius 1 is 1.30 bits per heavy atom. The predicted molar refractivity (Wildman–Crippen MR) is 81.7 cm³/mol. The van der Waals surface area contributed by atoms with Crippen molar-refractivity contribution in [3.8, 4) is 5.75 Å². The summed E-state index contributed by atoms with van der Waals surface area (Å²) in [6.07, 6.45) is -0.147. The molecule has 3 nitrogen and oxygen atoms in total. The molecule has 1 aliphatic rings. The van der Waals surface area contributed by atoms with E-state index in [-0.39, 0.29) is 6.10 Å². The highest BCUT2D eigenvalue weighted by Crippen LogP contribution is 2.39. The second kappa shape index (κ2) is 5.62. The molecule has 5 heteroatoms. The second-order valence-electron chi connectivity index (χ2n) is 4.99. The van der Waals surface area contributed by atoms with Gasteiger partial charge in [-0.15, -0.1) is 11.8 Å². The maximum atomic E-state index is 6.10. The molecular weight excluding hydrogens is 292 g/mol. The maximum Gasteiger partial charge on any atom is 0.171 e. The first-order chi connectivity index (χ1) is 9.63. The normalized spacial score (nSPS) is 17.7. The molecular formula is C15H15ClN2OS. The first-order valence-corrected chi connectivity index (χ1v) is 7.92. The zero-order chi connectivity index (χ0) is 14.1. The standard InChI is InChI=1S/C15H15ClN2OS/c1-9(2)10-7-14(16)18-15(17-10)12-8-20-13-6-4-3-5-11(13)19-12/h3-7,9,12H,8H2,1-2H3. The SMILES string of the molecule is CC(C)c1cc(Cl)nc(C2CSc3ccccc3O2)n1. The van der Waals surface area contributed by atoms with Gasteiger partial charge in [0.1, 0.15) is 10.9 Å². The van der Waals surface area contributed by atoms with Crippen molar-refractivity contribution in [2.75, 3.05) is 5.75 Å². The molecule has 1 aromatic heterocycles. The van der Waals surface area contributed by atoms with Gasteiger partial charge >= 0.3 is 0 Å². The molecule has 1 aromatic carbocycles. The van der Waals surface area contributed by atoms with Crippen LogP contribution in [0.2, 0.25) is 5.15 Å². The Kier molecular flexibility index (Phi) is 3.85. The minimum absolute atomic E-state index is 0.147. The van der Waals surface area contributed by atoms with Crippen LogP contribution in [0.4, 0.5) is 0 Å². The van der Waals surface area contributed by atoms with Crippen LogP contribution in [0.25, 0.3) is 0 Å². The van der Waals surface area contributed by atoms with Gasteiger partial charge in [-0.05, 0) is 24.1 Å². The van der Waals surface area contributed by atoms with Crippen LogP contribution in [0.15, 0.2) is 35.2 Å². The fourth-order valence-corrected chi connectivity index (χ4v) is 3.22. The Bertz CT molecular complexity index is 633. The molecule has 0 saturated heterocycles. The average Bonchev–Trinajstić information content (AvgIpc) is 2.46. The van der Waals surface area contributed by atoms with E-state index in [0.29, 0.717) is 16.9 Å². The van der Waals surface area contributed by atoms with Gasteiger partial charge in [0.25, 0.3) is 0 Å². The highest BCUT2D eigenvalue weighted by molar-refractivity contribution is 7.99. The minimum Gasteiger partial charge on any atom is -0.480 e. The third-order valence-electron chi connectivity index (χ3n) is 3.12. The van der Waals surface area contributed by atoms with E-state index in [9.17, 15) is 0 Å². The number of thioether (sulfide) groups is 1. The van der Waals surface area contributed by atoms with E-state index in [1.807, 2.05) is 24.3 Å². The number of hydrogen-bond donors (Lipinski definition) is 0. The first-order valence-electron chi connectivity index (χ1n) is 6.56. The fourth-order valence-electron chi connectivity index (χ4n) is 2.04. The summed E-state index contributed by atoms with van der Waals surface area (Å²) in [6, 6.07) is 9.85. The van der Waals surface area contributed by atoms with Crippen LogP contribution in [0.3, 0.4) is 0 Å². The molecule has 104 valence electrons. The van der Waals surface area contributed by atoms with Crippen molar-refractivity contribution in [3.63, 3.8) is 0 Å². The van der Waals surface area contributed by atoms with Gasteiger partial charge in [-0.3, -0.25) is 0 Å². The van der Waals surface area contributed by atoms with Gasteiger partial charge in [0, 0.05) is 16.3 Å². The third kappa shape index (κ3) is 2.76. The molecule has 0 N–H and O–H groups in total. The first kappa shape index (κ1) is 13.7. The Balaban J connectivity index is 1.91. The van der Waals surface area contributed by atoms with Crippen molar-refractivity contribution in [1.82, 2.24) is 9.97 Å². The largest absolute Gasteiger partial charge is 0.480 e. The van der Waals surface area contributed by atoms with Gasteiger partial charge < -0.3 is 4.74 Å². The molecule has 1 aliphatic heterocycles. The number of benzene rings is 1. The zero-order valence-corrected chi connectivity index (χ0v) is 12.9. The van der Waals surface area contributed by atoms with Crippen molar-refractivity contribution in [3.05, 3.63) is 47.0 Å². The van der Waals surface area contributed by atoms with Crippen LogP contribution in [0.5, 0.6) is 5.75 Å². The van der Waals surface area contributed by atoms with Crippen LogP contribution in [0.1, 0.15) is 37.4 Å². The van der Waals surface area contributed by atoms with E-state index in [4.69, 9.17) is 16.3 Å². The van der Waals surface area contributed by atoms with Crippen LogP contribution in [-0.2, 0) is 0 Å². The summed E-state index contributed by atoms with van der Waals surface area (Å²) in [6.45, 7) is 4.18. The molecule has 2 aromatic rings. The predicted octanol–water partition coefficient (Wildman–Crippen LogP) is 4.48. The molecule has 1 atom stereocenters. The highest BCUT2D eigenvalue weighted by Gasteiger charge is 2.24. The van der Waals surface area contributed by atoms with E-state index in [1.54, 1.807) is 11.8 Å². The summed E-state index contributed by atoms with van der Waals surface area (Å²) >= 11 is 7.86. The molecule has 0 aliphatic carbocycles. The molecule has 0 amide bonds. The number of hydrogen-bond acceptors (Lipinski definition) is 4. The van der Waals surface area contributed by atoms with Gasteiger partial charge in [-0.2, -0.15) is 0 Å². The lowest BCUT2D eigenvalue weighted by molar-refractivity contribution is 0.210. The lowest BCUT2D eigenvalue weighted by Crippen LogP contribution is -2.18. The summed E-state index contributed by atoms with van der Waals surface area (Å²) in [5.74, 6) is 2.68. The summed E-state index contributed by atoms with van der Waals surface area (Å²) in [5.41, 5.74) is 0.951. The van der Waals surface area contributed by atoms with Gasteiger partial charge in [0.15, 0.2) is 11.9 Å². The topological polar surface area (TPSA) is 35.0 Å². The number of para-hydroxylation sites is 1. The number of halogens is 1. The van der Waals surface area contributed by atoms with E-state index in [1.165, 1.54) is 0 Å². The van der Waals surface area contributed by atoms with Gasteiger partial charge in [0.2, 0.25) is 0 Å². The molecule has 20 heavy (non-hydrogen) atoms. The van der Waals surface area contributed by atoms with E-state index >= 15 is 0 Å². The highest BCUT2D eigenvalue weighted by atomic mass is 35.5. The number of nitrogens with zero attached hydrogens (tertiary/aromatic N) is 2. The number of rotatable bonds is 2. The molecule has 0 saturated carbocycles. The number of fused-ring (bicyclic) bond motifs is 1. The molecule has 3 rings (SSSR count). The molecule has 2 heterocycles. The Hall–Kier alpha value is -1.26. The molecule has 0 fully saturated rings. The Labute approximate surface area is 127 Å². The van der Waals surface area contributed by atoms with Crippen molar-refractivity contribution < 1.29 is 4.74 Å². The van der Waals surface area contributed by atoms with Crippen molar-refractivity contribution >= 4 is 23.4 Å². The lowest BCUT2D eigenvalue weighted by atomic mass is 10.1. The van der Waals surface area contributed by atoms with Gasteiger partial charge in [0.05, 0.1) is 0 Å². The minimum atomic E-state index is -0.147. The summed E-state index contributed by atoms with van der Waals surface area (Å²) in [7, 11) is 0. The molecule has 0 radical (unpaired) electrons. The van der Waals surface area contributed by atoms with Crippen LogP contribution in [0, 0.1) is 0 Å². The zero-order valence-electron chi connectivity index (χ0n) is 11.3. The van der Waals surface area contributed by atoms with Crippen molar-refractivity contribution in [2.24, 2.45) is 0 Å². The van der Waals surface area contributed by atoms with E-state index in [0.717, 1.165) is 22.1 Å². The van der Waals surface area contributed by atoms with Crippen LogP contribution in [-0.4, -0.2) is 15.7 Å². The molecule has 0 bridgehead atoms. The Morgan fingerprint density at radius 3 is 2.90 bits per heavy atom. The number of ether oxygens (including phenoxy) is 1. The van der Waals surface area contributed by atoms with Crippen LogP contribution >= 0.6 is 23.4 Å². The third-order valence-corrected chi connectivity index (χ3v) is 4.43. The quantitative estimate of drug-likeness (QED) is 0.766. The molecule has 0 spiro atoms. The fraction of sp³-hybridized carbons (Fsp3) is 0.333. The summed E-state index contributed by atoms with van der Waals surface area (Å²) in [5, 5.41) is 0.478. The summed E-state index contributed by atoms with van der Waals surface area (Å²) in [4.78, 5) is 10.1. The van der Waals surface area contributed by atoms with Crippen molar-refractivity contribution in [1.29, 1.82) is 0 Å². The smallest absolute Gasteiger partial charge is 0.171 e. The lowest BCUT2D eigenvalue weighted by Gasteiger charge is -2.24.